The normalized spacial score (nSPS) is 10.5. The van der Waals surface area contributed by atoms with Gasteiger partial charge in [-0.1, -0.05) is 17.7 Å². The first kappa shape index (κ1) is 18.1. The van der Waals surface area contributed by atoms with E-state index in [2.05, 4.69) is 10.3 Å². The number of hydrogen-bond donors (Lipinski definition) is 1. The number of nitrogens with one attached hydrogen (secondary N) is 1. The van der Waals surface area contributed by atoms with Crippen LogP contribution in [-0.4, -0.2) is 24.0 Å². The molecule has 1 aromatic heterocycles. The van der Waals surface area contributed by atoms with Gasteiger partial charge in [0, 0.05) is 23.9 Å². The Morgan fingerprint density at radius 2 is 1.88 bits per heavy atom. The van der Waals surface area contributed by atoms with Crippen LogP contribution < -0.4 is 10.1 Å². The fraction of sp³-hybridized carbons (Fsp3) is 0.200. The van der Waals surface area contributed by atoms with Gasteiger partial charge in [0.15, 0.2) is 6.61 Å². The van der Waals surface area contributed by atoms with E-state index in [0.717, 1.165) is 21.8 Å². The standard InChI is InChI=1S/C20H19FN2O2S/c1-14-2-8-18(9-3-14)25-12-19(24)22-11-10-17-13-26-20(23-17)15-4-6-16(21)7-5-15/h2-9,13H,10-12H2,1H3,(H,22,24). The first-order valence-corrected chi connectivity index (χ1v) is 9.14. The number of aryl methyl sites for hydroxylation is 1. The quantitative estimate of drug-likeness (QED) is 0.684. The molecule has 1 amide bonds. The highest BCUT2D eigenvalue weighted by Gasteiger charge is 2.07. The SMILES string of the molecule is Cc1ccc(OCC(=O)NCCc2csc(-c3ccc(F)cc3)n2)cc1. The van der Waals surface area contributed by atoms with Gasteiger partial charge in [-0.05, 0) is 43.3 Å². The molecular formula is C20H19FN2O2S. The van der Waals surface area contributed by atoms with Crippen LogP contribution in [0.3, 0.4) is 0 Å². The first-order chi connectivity index (χ1) is 12.6. The van der Waals surface area contributed by atoms with E-state index in [0.29, 0.717) is 18.7 Å². The van der Waals surface area contributed by atoms with Gasteiger partial charge < -0.3 is 10.1 Å². The fourth-order valence-corrected chi connectivity index (χ4v) is 3.17. The van der Waals surface area contributed by atoms with Crippen molar-refractivity contribution < 1.29 is 13.9 Å². The topological polar surface area (TPSA) is 51.2 Å². The van der Waals surface area contributed by atoms with E-state index in [4.69, 9.17) is 4.74 Å². The summed E-state index contributed by atoms with van der Waals surface area (Å²) in [4.78, 5) is 16.4. The van der Waals surface area contributed by atoms with Gasteiger partial charge in [0.05, 0.1) is 5.69 Å². The Morgan fingerprint density at radius 1 is 1.15 bits per heavy atom. The molecule has 0 atom stereocenters. The lowest BCUT2D eigenvalue weighted by Crippen LogP contribution is -2.30. The van der Waals surface area contributed by atoms with Gasteiger partial charge in [-0.25, -0.2) is 9.37 Å². The summed E-state index contributed by atoms with van der Waals surface area (Å²) in [5.41, 5.74) is 2.93. The maximum absolute atomic E-state index is 13.0. The summed E-state index contributed by atoms with van der Waals surface area (Å²) in [7, 11) is 0. The third kappa shape index (κ3) is 5.13. The Balaban J connectivity index is 1.42. The lowest BCUT2D eigenvalue weighted by atomic mass is 10.2. The zero-order chi connectivity index (χ0) is 18.4. The van der Waals surface area contributed by atoms with E-state index >= 15 is 0 Å². The van der Waals surface area contributed by atoms with Gasteiger partial charge in [-0.15, -0.1) is 11.3 Å². The molecule has 0 aliphatic rings. The minimum atomic E-state index is -0.263. The second-order valence-corrected chi connectivity index (χ2v) is 6.71. The Bertz CT molecular complexity index is 860. The molecule has 3 aromatic rings. The van der Waals surface area contributed by atoms with Crippen LogP contribution in [0.5, 0.6) is 5.75 Å². The maximum atomic E-state index is 13.0. The van der Waals surface area contributed by atoms with Gasteiger partial charge >= 0.3 is 0 Å². The number of rotatable bonds is 7. The molecule has 0 saturated heterocycles. The predicted octanol–water partition coefficient (Wildman–Crippen LogP) is 4.00. The molecule has 0 bridgehead atoms. The second-order valence-electron chi connectivity index (χ2n) is 5.85. The van der Waals surface area contributed by atoms with E-state index in [-0.39, 0.29) is 18.3 Å². The van der Waals surface area contributed by atoms with Crippen LogP contribution in [0.4, 0.5) is 4.39 Å². The van der Waals surface area contributed by atoms with Crippen molar-refractivity contribution in [2.45, 2.75) is 13.3 Å². The largest absolute Gasteiger partial charge is 0.484 e. The highest BCUT2D eigenvalue weighted by atomic mass is 32.1. The molecule has 1 heterocycles. The molecule has 2 aromatic carbocycles. The molecule has 0 spiro atoms. The van der Waals surface area contributed by atoms with E-state index in [1.54, 1.807) is 12.1 Å². The van der Waals surface area contributed by atoms with E-state index < -0.39 is 0 Å². The van der Waals surface area contributed by atoms with Gasteiger partial charge in [0.2, 0.25) is 0 Å². The lowest BCUT2D eigenvalue weighted by molar-refractivity contribution is -0.123. The number of aromatic nitrogens is 1. The summed E-state index contributed by atoms with van der Waals surface area (Å²) in [5, 5.41) is 5.61. The second kappa shape index (κ2) is 8.58. The summed E-state index contributed by atoms with van der Waals surface area (Å²) in [5.74, 6) is 0.245. The summed E-state index contributed by atoms with van der Waals surface area (Å²) < 4.78 is 18.4. The average molecular weight is 370 g/mol. The molecular weight excluding hydrogens is 351 g/mol. The monoisotopic (exact) mass is 370 g/mol. The predicted molar refractivity (Wildman–Crippen MR) is 101 cm³/mol. The number of amides is 1. The van der Waals surface area contributed by atoms with Gasteiger partial charge in [-0.3, -0.25) is 4.79 Å². The Labute approximate surface area is 155 Å². The van der Waals surface area contributed by atoms with Crippen molar-refractivity contribution in [3.8, 4) is 16.3 Å². The number of carbonyl (C=O) groups excluding carboxylic acids is 1. The fourth-order valence-electron chi connectivity index (χ4n) is 2.31. The first-order valence-electron chi connectivity index (χ1n) is 8.27. The van der Waals surface area contributed by atoms with Gasteiger partial charge in [0.25, 0.3) is 5.91 Å². The zero-order valence-electron chi connectivity index (χ0n) is 14.4. The van der Waals surface area contributed by atoms with Crippen LogP contribution >= 0.6 is 11.3 Å². The average Bonchev–Trinajstić information content (AvgIpc) is 3.11. The summed E-state index contributed by atoms with van der Waals surface area (Å²) in [6.07, 6.45) is 0.633. The van der Waals surface area contributed by atoms with Gasteiger partial charge in [-0.2, -0.15) is 0 Å². The highest BCUT2D eigenvalue weighted by molar-refractivity contribution is 7.13. The molecule has 1 N–H and O–H groups in total. The van der Waals surface area contributed by atoms with Crippen LogP contribution in [0.1, 0.15) is 11.3 Å². The van der Waals surface area contributed by atoms with Crippen molar-refractivity contribution in [1.29, 1.82) is 0 Å². The molecule has 0 radical (unpaired) electrons. The molecule has 4 nitrogen and oxygen atoms in total. The van der Waals surface area contributed by atoms with Crippen LogP contribution in [-0.2, 0) is 11.2 Å². The zero-order valence-corrected chi connectivity index (χ0v) is 15.2. The molecule has 134 valence electrons. The summed E-state index contributed by atoms with van der Waals surface area (Å²) in [6, 6.07) is 13.8. The summed E-state index contributed by atoms with van der Waals surface area (Å²) >= 11 is 1.51. The Kier molecular flexibility index (Phi) is 5.96. The van der Waals surface area contributed by atoms with Crippen LogP contribution in [0.2, 0.25) is 0 Å². The van der Waals surface area contributed by atoms with Crippen LogP contribution in [0.25, 0.3) is 10.6 Å². The van der Waals surface area contributed by atoms with Crippen molar-refractivity contribution >= 4 is 17.2 Å². The Morgan fingerprint density at radius 3 is 2.62 bits per heavy atom. The van der Waals surface area contributed by atoms with Crippen molar-refractivity contribution in [3.05, 3.63) is 71.0 Å². The molecule has 3 rings (SSSR count). The maximum Gasteiger partial charge on any atom is 0.257 e. The molecule has 0 aliphatic heterocycles. The van der Waals surface area contributed by atoms with Crippen molar-refractivity contribution in [2.24, 2.45) is 0 Å². The third-order valence-electron chi connectivity index (χ3n) is 3.74. The van der Waals surface area contributed by atoms with E-state index in [9.17, 15) is 9.18 Å². The smallest absolute Gasteiger partial charge is 0.257 e. The molecule has 0 aliphatic carbocycles. The van der Waals surface area contributed by atoms with E-state index in [1.807, 2.05) is 36.6 Å². The van der Waals surface area contributed by atoms with Crippen LogP contribution in [0.15, 0.2) is 53.9 Å². The van der Waals surface area contributed by atoms with Gasteiger partial charge in [0.1, 0.15) is 16.6 Å². The number of nitrogens with zero attached hydrogens (tertiary/aromatic N) is 1. The molecule has 0 fully saturated rings. The van der Waals surface area contributed by atoms with Crippen molar-refractivity contribution in [1.82, 2.24) is 10.3 Å². The van der Waals surface area contributed by atoms with Crippen molar-refractivity contribution in [2.75, 3.05) is 13.2 Å². The lowest BCUT2D eigenvalue weighted by Gasteiger charge is -2.07. The van der Waals surface area contributed by atoms with E-state index in [1.165, 1.54) is 23.5 Å². The number of carbonyl (C=O) groups is 1. The molecule has 26 heavy (non-hydrogen) atoms. The minimum Gasteiger partial charge on any atom is -0.484 e. The highest BCUT2D eigenvalue weighted by Crippen LogP contribution is 2.23. The minimum absolute atomic E-state index is 0.0129. The summed E-state index contributed by atoms with van der Waals surface area (Å²) in [6.45, 7) is 2.47. The number of ether oxygens (including phenoxy) is 1. The number of benzene rings is 2. The number of thiazole rings is 1. The van der Waals surface area contributed by atoms with Crippen molar-refractivity contribution in [3.63, 3.8) is 0 Å². The molecule has 0 saturated carbocycles. The molecule has 0 unspecified atom stereocenters. The Hall–Kier alpha value is -2.73. The van der Waals surface area contributed by atoms with Crippen LogP contribution in [0, 0.1) is 12.7 Å². The third-order valence-corrected chi connectivity index (χ3v) is 4.68. The number of hydrogen-bond acceptors (Lipinski definition) is 4. The molecule has 6 heteroatoms. The number of halogens is 1.